The maximum Gasteiger partial charge on any atom is 0.208 e. The Labute approximate surface area is 134 Å². The molecule has 0 saturated carbocycles. The first-order valence-corrected chi connectivity index (χ1v) is 9.41. The third-order valence-electron chi connectivity index (χ3n) is 4.12. The van der Waals surface area contributed by atoms with Crippen LogP contribution in [-0.2, 0) is 10.0 Å². The van der Waals surface area contributed by atoms with Crippen LogP contribution in [-0.4, -0.2) is 44.3 Å². The van der Waals surface area contributed by atoms with Crippen LogP contribution in [0.15, 0.2) is 24.5 Å². The van der Waals surface area contributed by atoms with Crippen molar-refractivity contribution >= 4 is 26.7 Å². The molecule has 0 unspecified atom stereocenters. The van der Waals surface area contributed by atoms with Gasteiger partial charge in [0.15, 0.2) is 0 Å². The van der Waals surface area contributed by atoms with Crippen LogP contribution < -0.4 is 9.62 Å². The highest BCUT2D eigenvalue weighted by atomic mass is 32.2. The molecule has 2 aromatic rings. The number of aromatic nitrogens is 2. The summed E-state index contributed by atoms with van der Waals surface area (Å²) in [5.41, 5.74) is 0.720. The first-order chi connectivity index (χ1) is 10.9. The molecule has 2 heterocycles. The van der Waals surface area contributed by atoms with Gasteiger partial charge < -0.3 is 4.90 Å². The second kappa shape index (κ2) is 6.37. The van der Waals surface area contributed by atoms with E-state index in [2.05, 4.69) is 19.6 Å². The summed E-state index contributed by atoms with van der Waals surface area (Å²) in [5, 5.41) is 0.709. The van der Waals surface area contributed by atoms with E-state index in [4.69, 9.17) is 0 Å². The van der Waals surface area contributed by atoms with Crippen molar-refractivity contribution in [2.45, 2.75) is 12.8 Å². The summed E-state index contributed by atoms with van der Waals surface area (Å²) in [4.78, 5) is 10.6. The Balaban J connectivity index is 1.72. The Hall–Kier alpha value is -1.80. The van der Waals surface area contributed by atoms with Crippen LogP contribution in [0.3, 0.4) is 0 Å². The maximum atomic E-state index is 13.5. The van der Waals surface area contributed by atoms with Gasteiger partial charge in [0.2, 0.25) is 10.0 Å². The summed E-state index contributed by atoms with van der Waals surface area (Å²) in [6.07, 6.45) is 4.39. The van der Waals surface area contributed by atoms with Gasteiger partial charge in [0.25, 0.3) is 0 Å². The van der Waals surface area contributed by atoms with Gasteiger partial charge in [0.05, 0.1) is 11.8 Å². The summed E-state index contributed by atoms with van der Waals surface area (Å²) in [6, 6.07) is 4.50. The predicted octanol–water partition coefficient (Wildman–Crippen LogP) is 1.53. The second-order valence-electron chi connectivity index (χ2n) is 5.91. The number of halogens is 1. The van der Waals surface area contributed by atoms with E-state index in [9.17, 15) is 12.8 Å². The largest absolute Gasteiger partial charge is 0.356 e. The number of nitrogens with one attached hydrogen (secondary N) is 1. The topological polar surface area (TPSA) is 75.2 Å². The number of hydrogen-bond acceptors (Lipinski definition) is 5. The first kappa shape index (κ1) is 16.1. The maximum absolute atomic E-state index is 13.5. The molecule has 0 radical (unpaired) electrons. The fraction of sp³-hybridized carbons (Fsp3) is 0.467. The van der Waals surface area contributed by atoms with Crippen molar-refractivity contribution in [2.24, 2.45) is 5.92 Å². The lowest BCUT2D eigenvalue weighted by Gasteiger charge is -2.33. The van der Waals surface area contributed by atoms with Gasteiger partial charge in [-0.2, -0.15) is 0 Å². The zero-order chi connectivity index (χ0) is 16.4. The van der Waals surface area contributed by atoms with E-state index in [1.807, 2.05) is 0 Å². The second-order valence-corrected chi connectivity index (χ2v) is 7.74. The highest BCUT2D eigenvalue weighted by Crippen LogP contribution is 2.27. The molecule has 1 aliphatic rings. The average molecular weight is 338 g/mol. The molecule has 3 rings (SSSR count). The van der Waals surface area contributed by atoms with E-state index in [0.29, 0.717) is 17.8 Å². The fourth-order valence-corrected chi connectivity index (χ4v) is 3.42. The van der Waals surface area contributed by atoms with Crippen LogP contribution in [0.1, 0.15) is 12.8 Å². The highest BCUT2D eigenvalue weighted by molar-refractivity contribution is 7.88. The van der Waals surface area contributed by atoms with Gasteiger partial charge >= 0.3 is 0 Å². The van der Waals surface area contributed by atoms with Gasteiger partial charge in [-0.3, -0.25) is 0 Å². The van der Waals surface area contributed by atoms with Crippen molar-refractivity contribution in [3.05, 3.63) is 30.3 Å². The zero-order valence-corrected chi connectivity index (χ0v) is 13.7. The molecule has 0 atom stereocenters. The summed E-state index contributed by atoms with van der Waals surface area (Å²) < 4.78 is 38.4. The number of nitrogens with zero attached hydrogens (tertiary/aromatic N) is 3. The number of piperidine rings is 1. The quantitative estimate of drug-likeness (QED) is 0.915. The van der Waals surface area contributed by atoms with E-state index >= 15 is 0 Å². The lowest BCUT2D eigenvalue weighted by Crippen LogP contribution is -2.38. The summed E-state index contributed by atoms with van der Waals surface area (Å²) in [5.74, 6) is 0.746. The van der Waals surface area contributed by atoms with Crippen molar-refractivity contribution in [2.75, 3.05) is 30.8 Å². The number of rotatable bonds is 4. The number of sulfonamides is 1. The lowest BCUT2D eigenvalue weighted by atomic mass is 9.97. The van der Waals surface area contributed by atoms with Crippen LogP contribution in [0.5, 0.6) is 0 Å². The van der Waals surface area contributed by atoms with Crippen molar-refractivity contribution in [3.63, 3.8) is 0 Å². The van der Waals surface area contributed by atoms with Crippen LogP contribution in [0.2, 0.25) is 0 Å². The van der Waals surface area contributed by atoms with Gasteiger partial charge in [-0.05, 0) is 37.0 Å². The van der Waals surface area contributed by atoms with E-state index in [-0.39, 0.29) is 5.82 Å². The number of anilines is 1. The van der Waals surface area contributed by atoms with E-state index in [1.165, 1.54) is 24.7 Å². The third-order valence-corrected chi connectivity index (χ3v) is 4.82. The molecule has 8 heteroatoms. The predicted molar refractivity (Wildman–Crippen MR) is 87.3 cm³/mol. The molecule has 1 aromatic carbocycles. The van der Waals surface area contributed by atoms with E-state index in [1.54, 1.807) is 6.07 Å². The molecule has 1 aromatic heterocycles. The number of benzene rings is 1. The highest BCUT2D eigenvalue weighted by Gasteiger charge is 2.22. The number of hydrogen-bond donors (Lipinski definition) is 1. The summed E-state index contributed by atoms with van der Waals surface area (Å²) in [7, 11) is -3.15. The normalized spacial score (nSPS) is 16.9. The molecule has 23 heavy (non-hydrogen) atoms. The fourth-order valence-electron chi connectivity index (χ4n) is 2.89. The molecule has 0 bridgehead atoms. The van der Waals surface area contributed by atoms with Gasteiger partial charge in [-0.25, -0.2) is 27.5 Å². The molecule has 6 nitrogen and oxygen atoms in total. The van der Waals surface area contributed by atoms with Gasteiger partial charge in [0.1, 0.15) is 18.0 Å². The Bertz CT molecular complexity index is 804. The Morgan fingerprint density at radius 2 is 2.04 bits per heavy atom. The van der Waals surface area contributed by atoms with Crippen molar-refractivity contribution in [1.82, 2.24) is 14.7 Å². The molecular weight excluding hydrogens is 319 g/mol. The minimum atomic E-state index is -3.15. The minimum absolute atomic E-state index is 0.305. The van der Waals surface area contributed by atoms with Crippen LogP contribution in [0.4, 0.5) is 10.2 Å². The van der Waals surface area contributed by atoms with Gasteiger partial charge in [0, 0.05) is 25.0 Å². The molecule has 124 valence electrons. The third kappa shape index (κ3) is 3.94. The molecular formula is C15H19FN4O2S. The zero-order valence-electron chi connectivity index (χ0n) is 12.9. The molecule has 1 N–H and O–H groups in total. The Kier molecular flexibility index (Phi) is 4.45. The van der Waals surface area contributed by atoms with Crippen molar-refractivity contribution in [1.29, 1.82) is 0 Å². The minimum Gasteiger partial charge on any atom is -0.356 e. The van der Waals surface area contributed by atoms with Crippen molar-refractivity contribution < 1.29 is 12.8 Å². The van der Waals surface area contributed by atoms with E-state index in [0.717, 1.165) is 37.3 Å². The van der Waals surface area contributed by atoms with Crippen LogP contribution in [0.25, 0.3) is 10.9 Å². The number of fused-ring (bicyclic) bond motifs is 1. The van der Waals surface area contributed by atoms with Gasteiger partial charge in [-0.1, -0.05) is 0 Å². The van der Waals surface area contributed by atoms with Crippen molar-refractivity contribution in [3.8, 4) is 0 Å². The Morgan fingerprint density at radius 3 is 2.74 bits per heavy atom. The lowest BCUT2D eigenvalue weighted by molar-refractivity contribution is 0.401. The molecule has 1 fully saturated rings. The van der Waals surface area contributed by atoms with Crippen LogP contribution in [0, 0.1) is 11.7 Å². The molecule has 1 aliphatic heterocycles. The van der Waals surface area contributed by atoms with Gasteiger partial charge in [-0.15, -0.1) is 0 Å². The molecule has 0 amide bonds. The monoisotopic (exact) mass is 338 g/mol. The smallest absolute Gasteiger partial charge is 0.208 e. The van der Waals surface area contributed by atoms with Crippen LogP contribution >= 0.6 is 0 Å². The SMILES string of the molecule is CS(=O)(=O)NCC1CCN(c2ncnc3ccc(F)cc23)CC1. The summed E-state index contributed by atoms with van der Waals surface area (Å²) in [6.45, 7) is 1.99. The Morgan fingerprint density at radius 1 is 1.30 bits per heavy atom. The molecule has 1 saturated heterocycles. The molecule has 0 aliphatic carbocycles. The standard InChI is InChI=1S/C15H19FN4O2S/c1-23(21,22)19-9-11-4-6-20(7-5-11)15-13-8-12(16)2-3-14(13)17-10-18-15/h2-3,8,10-11,19H,4-7,9H2,1H3. The molecule has 0 spiro atoms. The van der Waals surface area contributed by atoms with E-state index < -0.39 is 10.0 Å². The summed E-state index contributed by atoms with van der Waals surface area (Å²) >= 11 is 0. The first-order valence-electron chi connectivity index (χ1n) is 7.52. The average Bonchev–Trinajstić information content (AvgIpc) is 2.52.